The molecule has 0 atom stereocenters. The highest BCUT2D eigenvalue weighted by molar-refractivity contribution is 7.90. The first-order chi connectivity index (χ1) is 11.4. The van der Waals surface area contributed by atoms with Crippen molar-refractivity contribution in [1.82, 2.24) is 4.98 Å². The number of anilines is 1. The molecule has 1 aromatic carbocycles. The van der Waals surface area contributed by atoms with Crippen LogP contribution in [0, 0.1) is 11.3 Å². The third kappa shape index (κ3) is 2.87. The fourth-order valence-electron chi connectivity index (χ4n) is 2.33. The molecular weight excluding hydrogens is 326 g/mol. The predicted octanol–water partition coefficient (Wildman–Crippen LogP) is 2.87. The zero-order chi connectivity index (χ0) is 17.3. The quantitative estimate of drug-likeness (QED) is 0.785. The van der Waals surface area contributed by atoms with Crippen LogP contribution in [0.1, 0.15) is 5.56 Å². The number of nitrogen functional groups attached to an aromatic ring is 1. The van der Waals surface area contributed by atoms with Gasteiger partial charge in [-0.15, -0.1) is 0 Å². The van der Waals surface area contributed by atoms with E-state index in [4.69, 9.17) is 10.2 Å². The van der Waals surface area contributed by atoms with Gasteiger partial charge in [-0.1, -0.05) is 12.1 Å². The number of aromatic nitrogens is 1. The Morgan fingerprint density at radius 3 is 2.46 bits per heavy atom. The molecule has 0 radical (unpaired) electrons. The van der Waals surface area contributed by atoms with Crippen molar-refractivity contribution >= 4 is 15.7 Å². The molecule has 2 aromatic heterocycles. The average Bonchev–Trinajstić information content (AvgIpc) is 3.07. The molecule has 2 N–H and O–H groups in total. The van der Waals surface area contributed by atoms with Crippen LogP contribution >= 0.6 is 0 Å². The summed E-state index contributed by atoms with van der Waals surface area (Å²) in [6, 6.07) is 13.5. The molecule has 2 heterocycles. The zero-order valence-corrected chi connectivity index (χ0v) is 13.5. The number of hydrogen-bond donors (Lipinski definition) is 1. The monoisotopic (exact) mass is 339 g/mol. The molecule has 120 valence electrons. The van der Waals surface area contributed by atoms with E-state index in [0.29, 0.717) is 22.6 Å². The molecule has 6 nitrogen and oxygen atoms in total. The number of hydrogen-bond acceptors (Lipinski definition) is 6. The maximum Gasteiger partial charge on any atom is 0.175 e. The average molecular weight is 339 g/mol. The second kappa shape index (κ2) is 5.83. The van der Waals surface area contributed by atoms with Gasteiger partial charge in [0.2, 0.25) is 0 Å². The Balaban J connectivity index is 2.15. The SMILES string of the molecule is CS(=O)(=O)c1ccc(-c2cc(-c3ccco3)c(C#N)c(N)n2)cc1. The van der Waals surface area contributed by atoms with Gasteiger partial charge >= 0.3 is 0 Å². The number of pyridine rings is 1. The van der Waals surface area contributed by atoms with Crippen molar-refractivity contribution < 1.29 is 12.8 Å². The highest BCUT2D eigenvalue weighted by Gasteiger charge is 2.15. The first-order valence-electron chi connectivity index (χ1n) is 6.95. The molecule has 0 fully saturated rings. The molecule has 0 bridgehead atoms. The van der Waals surface area contributed by atoms with Gasteiger partial charge < -0.3 is 10.2 Å². The first-order valence-corrected chi connectivity index (χ1v) is 8.84. The van der Waals surface area contributed by atoms with Gasteiger partial charge in [0.15, 0.2) is 9.84 Å². The Morgan fingerprint density at radius 1 is 1.21 bits per heavy atom. The third-order valence-electron chi connectivity index (χ3n) is 3.52. The Labute approximate surface area is 139 Å². The van der Waals surface area contributed by atoms with Crippen molar-refractivity contribution in [2.45, 2.75) is 4.90 Å². The van der Waals surface area contributed by atoms with E-state index in [-0.39, 0.29) is 16.3 Å². The largest absolute Gasteiger partial charge is 0.464 e. The van der Waals surface area contributed by atoms with Crippen molar-refractivity contribution in [2.75, 3.05) is 12.0 Å². The molecule has 0 aliphatic heterocycles. The molecule has 3 rings (SSSR count). The Hall–Kier alpha value is -3.11. The van der Waals surface area contributed by atoms with E-state index in [9.17, 15) is 13.7 Å². The van der Waals surface area contributed by atoms with Crippen LogP contribution in [0.2, 0.25) is 0 Å². The number of furan rings is 1. The summed E-state index contributed by atoms with van der Waals surface area (Å²) in [5.41, 5.74) is 7.89. The summed E-state index contributed by atoms with van der Waals surface area (Å²) in [5.74, 6) is 0.600. The number of benzene rings is 1. The summed E-state index contributed by atoms with van der Waals surface area (Å²) >= 11 is 0. The van der Waals surface area contributed by atoms with E-state index in [1.807, 2.05) is 6.07 Å². The van der Waals surface area contributed by atoms with Crippen LogP contribution in [-0.4, -0.2) is 19.7 Å². The molecule has 0 amide bonds. The highest BCUT2D eigenvalue weighted by atomic mass is 32.2. The maximum absolute atomic E-state index is 11.5. The van der Waals surface area contributed by atoms with Gasteiger partial charge in [-0.05, 0) is 30.3 Å². The maximum atomic E-state index is 11.5. The van der Waals surface area contributed by atoms with Gasteiger partial charge in [0.05, 0.1) is 16.9 Å². The lowest BCUT2D eigenvalue weighted by Gasteiger charge is -2.08. The number of sulfone groups is 1. The normalized spacial score (nSPS) is 11.2. The van der Waals surface area contributed by atoms with E-state index in [1.54, 1.807) is 30.3 Å². The standard InChI is InChI=1S/C17H13N3O3S/c1-24(21,22)12-6-4-11(5-7-12)15-9-13(16-3-2-8-23-16)14(10-18)17(19)20-15/h2-9H,1H3,(H2,19,20). The Bertz CT molecular complexity index is 1030. The minimum absolute atomic E-state index is 0.0913. The first kappa shape index (κ1) is 15.8. The molecule has 3 aromatic rings. The smallest absolute Gasteiger partial charge is 0.175 e. The Kier molecular flexibility index (Phi) is 3.83. The minimum Gasteiger partial charge on any atom is -0.464 e. The number of nitriles is 1. The number of nitrogens with zero attached hydrogens (tertiary/aromatic N) is 2. The van der Waals surface area contributed by atoms with Crippen molar-refractivity contribution in [1.29, 1.82) is 5.26 Å². The van der Waals surface area contributed by atoms with Crippen LogP contribution < -0.4 is 5.73 Å². The molecule has 0 unspecified atom stereocenters. The van der Waals surface area contributed by atoms with Gasteiger partial charge in [-0.2, -0.15) is 5.26 Å². The molecule has 0 saturated heterocycles. The van der Waals surface area contributed by atoms with Crippen molar-refractivity contribution in [3.05, 3.63) is 54.3 Å². The second-order valence-corrected chi connectivity index (χ2v) is 7.22. The minimum atomic E-state index is -3.27. The summed E-state index contributed by atoms with van der Waals surface area (Å²) in [6.45, 7) is 0. The topological polar surface area (TPSA) is 110 Å². The summed E-state index contributed by atoms with van der Waals surface area (Å²) < 4.78 is 28.4. The fourth-order valence-corrected chi connectivity index (χ4v) is 2.96. The fraction of sp³-hybridized carbons (Fsp3) is 0.0588. The lowest BCUT2D eigenvalue weighted by atomic mass is 10.0. The number of nitrogens with two attached hydrogens (primary N) is 1. The van der Waals surface area contributed by atoms with Crippen LogP contribution in [-0.2, 0) is 9.84 Å². The summed E-state index contributed by atoms with van der Waals surface area (Å²) in [5, 5.41) is 9.31. The van der Waals surface area contributed by atoms with Crippen molar-refractivity contribution in [3.8, 4) is 28.7 Å². The second-order valence-electron chi connectivity index (χ2n) is 5.20. The number of rotatable bonds is 3. The van der Waals surface area contributed by atoms with Crippen LogP contribution in [0.15, 0.2) is 58.0 Å². The molecule has 24 heavy (non-hydrogen) atoms. The highest BCUT2D eigenvalue weighted by Crippen LogP contribution is 2.31. The summed E-state index contributed by atoms with van der Waals surface area (Å²) in [4.78, 5) is 4.46. The zero-order valence-electron chi connectivity index (χ0n) is 12.7. The van der Waals surface area contributed by atoms with Gasteiger partial charge in [0, 0.05) is 17.4 Å². The van der Waals surface area contributed by atoms with Gasteiger partial charge in [-0.25, -0.2) is 13.4 Å². The van der Waals surface area contributed by atoms with Crippen LogP contribution in [0.25, 0.3) is 22.6 Å². The van der Waals surface area contributed by atoms with E-state index >= 15 is 0 Å². The molecule has 0 spiro atoms. The van der Waals surface area contributed by atoms with Crippen LogP contribution in [0.3, 0.4) is 0 Å². The van der Waals surface area contributed by atoms with Gasteiger partial charge in [-0.3, -0.25) is 0 Å². The van der Waals surface area contributed by atoms with E-state index in [2.05, 4.69) is 4.98 Å². The Morgan fingerprint density at radius 2 is 1.92 bits per heavy atom. The molecule has 0 aliphatic carbocycles. The van der Waals surface area contributed by atoms with Crippen LogP contribution in [0.5, 0.6) is 0 Å². The van der Waals surface area contributed by atoms with Gasteiger partial charge in [0.25, 0.3) is 0 Å². The molecule has 7 heteroatoms. The van der Waals surface area contributed by atoms with Crippen molar-refractivity contribution in [3.63, 3.8) is 0 Å². The molecule has 0 aliphatic rings. The summed E-state index contributed by atoms with van der Waals surface area (Å²) in [7, 11) is -3.27. The lowest BCUT2D eigenvalue weighted by Crippen LogP contribution is -2.00. The molecule has 0 saturated carbocycles. The van der Waals surface area contributed by atoms with Crippen molar-refractivity contribution in [2.24, 2.45) is 0 Å². The summed E-state index contributed by atoms with van der Waals surface area (Å²) in [6.07, 6.45) is 2.66. The van der Waals surface area contributed by atoms with Crippen LogP contribution in [0.4, 0.5) is 5.82 Å². The molecular formula is C17H13N3O3S. The van der Waals surface area contributed by atoms with E-state index < -0.39 is 9.84 Å². The van der Waals surface area contributed by atoms with E-state index in [0.717, 1.165) is 6.26 Å². The van der Waals surface area contributed by atoms with Gasteiger partial charge in [0.1, 0.15) is 23.2 Å². The third-order valence-corrected chi connectivity index (χ3v) is 4.65. The van der Waals surface area contributed by atoms with E-state index in [1.165, 1.54) is 18.4 Å². The lowest BCUT2D eigenvalue weighted by molar-refractivity contribution is 0.582. The predicted molar refractivity (Wildman–Crippen MR) is 89.6 cm³/mol.